The zero-order valence-corrected chi connectivity index (χ0v) is 8.66. The molecule has 2 rings (SSSR count). The fraction of sp³-hybridized carbons (Fsp3) is 0.167. The van der Waals surface area contributed by atoms with E-state index < -0.39 is 0 Å². The highest BCUT2D eigenvalue weighted by molar-refractivity contribution is 5.59. The van der Waals surface area contributed by atoms with Crippen LogP contribution < -0.4 is 0 Å². The van der Waals surface area contributed by atoms with Crippen molar-refractivity contribution < 1.29 is 4.39 Å². The zero-order chi connectivity index (χ0) is 10.8. The van der Waals surface area contributed by atoms with Gasteiger partial charge in [0.25, 0.3) is 0 Å². The molecular weight excluding hydrogens is 191 g/mol. The van der Waals surface area contributed by atoms with Gasteiger partial charge in [-0.05, 0) is 37.6 Å². The van der Waals surface area contributed by atoms with E-state index in [0.717, 1.165) is 5.56 Å². The van der Waals surface area contributed by atoms with Gasteiger partial charge in [0, 0.05) is 11.8 Å². The van der Waals surface area contributed by atoms with E-state index >= 15 is 0 Å². The Balaban J connectivity index is 2.54. The third-order valence-electron chi connectivity index (χ3n) is 2.18. The van der Waals surface area contributed by atoms with Crippen LogP contribution in [-0.4, -0.2) is 9.97 Å². The minimum absolute atomic E-state index is 0.242. The van der Waals surface area contributed by atoms with E-state index in [0.29, 0.717) is 17.1 Å². The van der Waals surface area contributed by atoms with Gasteiger partial charge in [0.15, 0.2) is 0 Å². The van der Waals surface area contributed by atoms with Crippen LogP contribution in [0.1, 0.15) is 11.4 Å². The molecule has 0 N–H and O–H groups in total. The van der Waals surface area contributed by atoms with E-state index in [1.54, 1.807) is 25.3 Å². The van der Waals surface area contributed by atoms with Crippen molar-refractivity contribution in [2.24, 2.45) is 0 Å². The van der Waals surface area contributed by atoms with Crippen molar-refractivity contribution in [2.45, 2.75) is 13.8 Å². The third kappa shape index (κ3) is 2.01. The quantitative estimate of drug-likeness (QED) is 0.710. The Morgan fingerprint density at radius 1 is 1.13 bits per heavy atom. The third-order valence-corrected chi connectivity index (χ3v) is 2.18. The molecular formula is C12H11FN2. The number of rotatable bonds is 1. The van der Waals surface area contributed by atoms with E-state index in [1.165, 1.54) is 6.07 Å². The minimum atomic E-state index is -0.242. The smallest absolute Gasteiger partial charge is 0.132 e. The molecule has 0 radical (unpaired) electrons. The summed E-state index contributed by atoms with van der Waals surface area (Å²) in [6.07, 6.45) is 1.64. The predicted octanol–water partition coefficient (Wildman–Crippen LogP) is 2.90. The number of benzene rings is 1. The molecule has 15 heavy (non-hydrogen) atoms. The SMILES string of the molecule is Cc1ccc(-c2ccnc(C)n2)c(F)c1. The van der Waals surface area contributed by atoms with Crippen molar-refractivity contribution in [1.29, 1.82) is 0 Å². The Kier molecular flexibility index (Phi) is 2.46. The minimum Gasteiger partial charge on any atom is -0.242 e. The Labute approximate surface area is 87.8 Å². The van der Waals surface area contributed by atoms with Gasteiger partial charge < -0.3 is 0 Å². The summed E-state index contributed by atoms with van der Waals surface area (Å²) in [7, 11) is 0. The van der Waals surface area contributed by atoms with Crippen LogP contribution in [0.4, 0.5) is 4.39 Å². The molecule has 0 atom stereocenters. The fourth-order valence-corrected chi connectivity index (χ4v) is 1.43. The molecule has 0 aliphatic heterocycles. The fourth-order valence-electron chi connectivity index (χ4n) is 1.43. The van der Waals surface area contributed by atoms with Crippen molar-refractivity contribution in [3.8, 4) is 11.3 Å². The summed E-state index contributed by atoms with van der Waals surface area (Å²) in [4.78, 5) is 8.16. The molecule has 76 valence electrons. The number of aryl methyl sites for hydroxylation is 2. The second kappa shape index (κ2) is 3.77. The average Bonchev–Trinajstić information content (AvgIpc) is 2.17. The molecule has 2 aromatic rings. The van der Waals surface area contributed by atoms with Gasteiger partial charge in [-0.15, -0.1) is 0 Å². The summed E-state index contributed by atoms with van der Waals surface area (Å²) < 4.78 is 13.6. The van der Waals surface area contributed by atoms with E-state index in [9.17, 15) is 4.39 Å². The van der Waals surface area contributed by atoms with Crippen molar-refractivity contribution in [3.05, 3.63) is 47.7 Å². The average molecular weight is 202 g/mol. The Bertz CT molecular complexity index is 495. The van der Waals surface area contributed by atoms with Crippen LogP contribution in [0, 0.1) is 19.7 Å². The van der Waals surface area contributed by atoms with Gasteiger partial charge in [0.1, 0.15) is 11.6 Å². The number of hydrogen-bond donors (Lipinski definition) is 0. The second-order valence-corrected chi connectivity index (χ2v) is 3.47. The zero-order valence-electron chi connectivity index (χ0n) is 8.66. The van der Waals surface area contributed by atoms with Crippen LogP contribution in [0.5, 0.6) is 0 Å². The lowest BCUT2D eigenvalue weighted by Crippen LogP contribution is -1.92. The van der Waals surface area contributed by atoms with Gasteiger partial charge in [0.2, 0.25) is 0 Å². The number of halogens is 1. The first kappa shape index (κ1) is 9.77. The summed E-state index contributed by atoms with van der Waals surface area (Å²) in [5, 5.41) is 0. The first-order chi connectivity index (χ1) is 7.16. The standard InChI is InChI=1S/C12H11FN2/c1-8-3-4-10(11(13)7-8)12-5-6-14-9(2)15-12/h3-7H,1-2H3. The van der Waals surface area contributed by atoms with Crippen molar-refractivity contribution in [2.75, 3.05) is 0 Å². The molecule has 0 saturated carbocycles. The summed E-state index contributed by atoms with van der Waals surface area (Å²) in [6, 6.07) is 6.83. The molecule has 1 heterocycles. The second-order valence-electron chi connectivity index (χ2n) is 3.47. The molecule has 0 bridgehead atoms. The molecule has 0 saturated heterocycles. The molecule has 0 aliphatic rings. The Morgan fingerprint density at radius 2 is 1.93 bits per heavy atom. The monoisotopic (exact) mass is 202 g/mol. The van der Waals surface area contributed by atoms with Gasteiger partial charge in [0.05, 0.1) is 5.69 Å². The Morgan fingerprint density at radius 3 is 2.60 bits per heavy atom. The highest BCUT2D eigenvalue weighted by atomic mass is 19.1. The lowest BCUT2D eigenvalue weighted by atomic mass is 10.1. The molecule has 2 nitrogen and oxygen atoms in total. The van der Waals surface area contributed by atoms with Crippen molar-refractivity contribution in [1.82, 2.24) is 9.97 Å². The normalized spacial score (nSPS) is 10.3. The highest BCUT2D eigenvalue weighted by Gasteiger charge is 2.06. The number of aromatic nitrogens is 2. The maximum atomic E-state index is 13.6. The molecule has 1 aromatic carbocycles. The summed E-state index contributed by atoms with van der Waals surface area (Å²) >= 11 is 0. The lowest BCUT2D eigenvalue weighted by Gasteiger charge is -2.03. The van der Waals surface area contributed by atoms with Gasteiger partial charge in [-0.3, -0.25) is 0 Å². The van der Waals surface area contributed by atoms with Crippen LogP contribution in [0.15, 0.2) is 30.5 Å². The topological polar surface area (TPSA) is 25.8 Å². The van der Waals surface area contributed by atoms with Gasteiger partial charge in [-0.1, -0.05) is 6.07 Å². The maximum Gasteiger partial charge on any atom is 0.132 e. The van der Waals surface area contributed by atoms with Crippen molar-refractivity contribution >= 4 is 0 Å². The largest absolute Gasteiger partial charge is 0.242 e. The number of hydrogen-bond acceptors (Lipinski definition) is 2. The first-order valence-corrected chi connectivity index (χ1v) is 4.73. The molecule has 0 amide bonds. The molecule has 3 heteroatoms. The predicted molar refractivity (Wildman–Crippen MR) is 56.9 cm³/mol. The van der Waals surface area contributed by atoms with Gasteiger partial charge in [-0.25, -0.2) is 14.4 Å². The first-order valence-electron chi connectivity index (χ1n) is 4.73. The van der Waals surface area contributed by atoms with Crippen LogP contribution >= 0.6 is 0 Å². The summed E-state index contributed by atoms with van der Waals surface area (Å²) in [5.41, 5.74) is 2.05. The van der Waals surface area contributed by atoms with E-state index in [1.807, 2.05) is 13.0 Å². The van der Waals surface area contributed by atoms with E-state index in [2.05, 4.69) is 9.97 Å². The van der Waals surface area contributed by atoms with E-state index in [-0.39, 0.29) is 5.82 Å². The van der Waals surface area contributed by atoms with Crippen molar-refractivity contribution in [3.63, 3.8) is 0 Å². The molecule has 0 fully saturated rings. The Hall–Kier alpha value is -1.77. The van der Waals surface area contributed by atoms with Crippen LogP contribution in [0.2, 0.25) is 0 Å². The van der Waals surface area contributed by atoms with E-state index in [4.69, 9.17) is 0 Å². The number of nitrogens with zero attached hydrogens (tertiary/aromatic N) is 2. The summed E-state index contributed by atoms with van der Waals surface area (Å²) in [5.74, 6) is 0.403. The van der Waals surface area contributed by atoms with Gasteiger partial charge >= 0.3 is 0 Å². The maximum absolute atomic E-state index is 13.6. The van der Waals surface area contributed by atoms with Crippen LogP contribution in [-0.2, 0) is 0 Å². The van der Waals surface area contributed by atoms with Crippen LogP contribution in [0.25, 0.3) is 11.3 Å². The van der Waals surface area contributed by atoms with Crippen LogP contribution in [0.3, 0.4) is 0 Å². The lowest BCUT2D eigenvalue weighted by molar-refractivity contribution is 0.629. The molecule has 0 aliphatic carbocycles. The molecule has 1 aromatic heterocycles. The highest BCUT2D eigenvalue weighted by Crippen LogP contribution is 2.21. The molecule has 0 spiro atoms. The summed E-state index contributed by atoms with van der Waals surface area (Å²) in [6.45, 7) is 3.65. The van der Waals surface area contributed by atoms with Gasteiger partial charge in [-0.2, -0.15) is 0 Å². The molecule has 0 unspecified atom stereocenters.